The van der Waals surface area contributed by atoms with Crippen molar-refractivity contribution in [3.63, 3.8) is 0 Å². The number of nitrogens with zero attached hydrogens (tertiary/aromatic N) is 4. The number of nitro benzene ring substituents is 1. The molecule has 7 heteroatoms. The lowest BCUT2D eigenvalue weighted by atomic mass is 10.1. The van der Waals surface area contributed by atoms with Gasteiger partial charge in [-0.05, 0) is 31.7 Å². The van der Waals surface area contributed by atoms with Crippen LogP contribution >= 0.6 is 0 Å². The van der Waals surface area contributed by atoms with E-state index in [9.17, 15) is 14.9 Å². The van der Waals surface area contributed by atoms with E-state index >= 15 is 0 Å². The Balaban J connectivity index is 1.84. The summed E-state index contributed by atoms with van der Waals surface area (Å²) < 4.78 is 1.49. The van der Waals surface area contributed by atoms with E-state index in [1.54, 1.807) is 30.5 Å². The van der Waals surface area contributed by atoms with Gasteiger partial charge in [-0.25, -0.2) is 4.98 Å². The summed E-state index contributed by atoms with van der Waals surface area (Å²) in [4.78, 5) is 29.2. The van der Waals surface area contributed by atoms with Crippen molar-refractivity contribution in [2.24, 2.45) is 0 Å². The van der Waals surface area contributed by atoms with E-state index in [4.69, 9.17) is 0 Å². The van der Waals surface area contributed by atoms with Gasteiger partial charge in [-0.15, -0.1) is 0 Å². The Hall–Kier alpha value is -3.06. The van der Waals surface area contributed by atoms with Crippen molar-refractivity contribution in [3.05, 3.63) is 86.5 Å². The van der Waals surface area contributed by atoms with Gasteiger partial charge in [0.15, 0.2) is 0 Å². The topological polar surface area (TPSA) is 80.8 Å². The van der Waals surface area contributed by atoms with Crippen LogP contribution in [0.5, 0.6) is 0 Å². The van der Waals surface area contributed by atoms with Gasteiger partial charge in [0, 0.05) is 37.0 Å². The summed E-state index contributed by atoms with van der Waals surface area (Å²) in [6.45, 7) is 2.43. The Labute approximate surface area is 144 Å². The summed E-state index contributed by atoms with van der Waals surface area (Å²) in [5.41, 5.74) is 2.04. The molecule has 25 heavy (non-hydrogen) atoms. The van der Waals surface area contributed by atoms with Crippen LogP contribution in [-0.2, 0) is 6.54 Å². The van der Waals surface area contributed by atoms with Gasteiger partial charge in [-0.1, -0.05) is 18.2 Å². The molecule has 0 saturated heterocycles. The van der Waals surface area contributed by atoms with Crippen molar-refractivity contribution in [1.29, 1.82) is 0 Å². The summed E-state index contributed by atoms with van der Waals surface area (Å²) >= 11 is 0. The van der Waals surface area contributed by atoms with E-state index in [2.05, 4.69) is 4.98 Å². The van der Waals surface area contributed by atoms with Gasteiger partial charge < -0.3 is 0 Å². The summed E-state index contributed by atoms with van der Waals surface area (Å²) in [7, 11) is 1.90. The van der Waals surface area contributed by atoms with Crippen molar-refractivity contribution < 1.29 is 4.92 Å². The van der Waals surface area contributed by atoms with Crippen molar-refractivity contribution in [2.45, 2.75) is 19.5 Å². The van der Waals surface area contributed by atoms with Crippen LogP contribution in [-0.4, -0.2) is 26.3 Å². The smallest absolute Gasteiger partial charge is 0.269 e. The molecule has 3 rings (SSSR count). The predicted molar refractivity (Wildman–Crippen MR) is 94.4 cm³/mol. The van der Waals surface area contributed by atoms with Crippen molar-refractivity contribution >= 4 is 11.3 Å². The molecular weight excluding hydrogens is 320 g/mol. The molecule has 0 radical (unpaired) electrons. The number of hydrogen-bond donors (Lipinski definition) is 0. The second-order valence-corrected chi connectivity index (χ2v) is 5.96. The summed E-state index contributed by atoms with van der Waals surface area (Å²) in [5, 5.41) is 10.9. The van der Waals surface area contributed by atoms with E-state index in [0.717, 1.165) is 5.56 Å². The maximum absolute atomic E-state index is 12.2. The predicted octanol–water partition coefficient (Wildman–Crippen LogP) is 2.80. The van der Waals surface area contributed by atoms with Crippen LogP contribution in [0.1, 0.15) is 24.2 Å². The minimum Gasteiger partial charge on any atom is -0.294 e. The molecule has 3 aromatic rings. The van der Waals surface area contributed by atoms with E-state index < -0.39 is 4.92 Å². The highest BCUT2D eigenvalue weighted by Gasteiger charge is 2.16. The lowest BCUT2D eigenvalue weighted by Gasteiger charge is -2.24. The molecule has 0 spiro atoms. The fourth-order valence-electron chi connectivity index (χ4n) is 2.73. The number of non-ortho nitro benzene ring substituents is 1. The molecule has 0 N–H and O–H groups in total. The van der Waals surface area contributed by atoms with Crippen molar-refractivity contribution in [1.82, 2.24) is 14.3 Å². The number of fused-ring (bicyclic) bond motifs is 1. The first-order valence-corrected chi connectivity index (χ1v) is 7.87. The van der Waals surface area contributed by atoms with Gasteiger partial charge >= 0.3 is 0 Å². The number of benzene rings is 1. The fraction of sp³-hybridized carbons (Fsp3) is 0.222. The minimum atomic E-state index is -0.401. The second kappa shape index (κ2) is 6.82. The average molecular weight is 338 g/mol. The second-order valence-electron chi connectivity index (χ2n) is 5.96. The number of pyridine rings is 1. The Morgan fingerprint density at radius 1 is 1.24 bits per heavy atom. The molecular formula is C18H18N4O3. The van der Waals surface area contributed by atoms with Gasteiger partial charge in [-0.3, -0.25) is 24.2 Å². The first kappa shape index (κ1) is 16.8. The normalized spacial score (nSPS) is 12.4. The summed E-state index contributed by atoms with van der Waals surface area (Å²) in [6.07, 6.45) is 1.68. The fourth-order valence-corrected chi connectivity index (χ4v) is 2.73. The Morgan fingerprint density at radius 3 is 2.80 bits per heavy atom. The van der Waals surface area contributed by atoms with Gasteiger partial charge in [0.2, 0.25) is 0 Å². The molecule has 2 heterocycles. The zero-order valence-corrected chi connectivity index (χ0v) is 14.0. The van der Waals surface area contributed by atoms with Crippen LogP contribution in [0, 0.1) is 10.1 Å². The molecule has 0 aliphatic heterocycles. The lowest BCUT2D eigenvalue weighted by Crippen LogP contribution is -2.24. The molecule has 0 aliphatic rings. The minimum absolute atomic E-state index is 0.0593. The highest BCUT2D eigenvalue weighted by atomic mass is 16.6. The largest absolute Gasteiger partial charge is 0.294 e. The van der Waals surface area contributed by atoms with Crippen LogP contribution in [0.15, 0.2) is 59.5 Å². The van der Waals surface area contributed by atoms with E-state index in [1.807, 2.05) is 31.0 Å². The highest BCUT2D eigenvalue weighted by Crippen LogP contribution is 2.23. The summed E-state index contributed by atoms with van der Waals surface area (Å²) in [6, 6.07) is 13.4. The monoisotopic (exact) mass is 338 g/mol. The number of hydrogen-bond acceptors (Lipinski definition) is 5. The van der Waals surface area contributed by atoms with E-state index in [-0.39, 0.29) is 17.3 Å². The third-order valence-electron chi connectivity index (χ3n) is 4.26. The van der Waals surface area contributed by atoms with Gasteiger partial charge in [0.25, 0.3) is 11.2 Å². The Morgan fingerprint density at radius 2 is 2.04 bits per heavy atom. The van der Waals surface area contributed by atoms with Crippen LogP contribution < -0.4 is 5.56 Å². The molecule has 7 nitrogen and oxygen atoms in total. The van der Waals surface area contributed by atoms with Gasteiger partial charge in [-0.2, -0.15) is 0 Å². The van der Waals surface area contributed by atoms with Gasteiger partial charge in [0.05, 0.1) is 10.6 Å². The zero-order chi connectivity index (χ0) is 18.0. The number of nitro groups is 1. The molecule has 1 unspecified atom stereocenters. The molecule has 0 bridgehead atoms. The average Bonchev–Trinajstić information content (AvgIpc) is 2.61. The molecule has 2 aromatic heterocycles. The molecule has 128 valence electrons. The maximum atomic E-state index is 12.2. The molecule has 0 saturated carbocycles. The standard InChI is InChI=1S/C18H18N4O3/c1-13(14-6-5-7-16(10-14)22(24)25)20(2)12-15-11-18(23)21-9-4-3-8-17(21)19-15/h3-11,13H,12H2,1-2H3. The third-order valence-corrected chi connectivity index (χ3v) is 4.26. The van der Waals surface area contributed by atoms with Crippen molar-refractivity contribution in [3.8, 4) is 0 Å². The third kappa shape index (κ3) is 3.56. The van der Waals surface area contributed by atoms with Crippen LogP contribution in [0.3, 0.4) is 0 Å². The maximum Gasteiger partial charge on any atom is 0.269 e. The van der Waals surface area contributed by atoms with Crippen LogP contribution in [0.4, 0.5) is 5.69 Å². The van der Waals surface area contributed by atoms with E-state index in [1.165, 1.54) is 16.5 Å². The van der Waals surface area contributed by atoms with Crippen LogP contribution in [0.25, 0.3) is 5.65 Å². The van der Waals surface area contributed by atoms with Crippen molar-refractivity contribution in [2.75, 3.05) is 7.05 Å². The first-order chi connectivity index (χ1) is 12.0. The molecule has 1 atom stereocenters. The number of rotatable bonds is 5. The number of aromatic nitrogens is 2. The SMILES string of the molecule is CC(c1cccc([N+](=O)[O-])c1)N(C)Cc1cc(=O)n2ccccc2n1. The first-order valence-electron chi connectivity index (χ1n) is 7.87. The Bertz CT molecular complexity index is 983. The highest BCUT2D eigenvalue weighted by molar-refractivity contribution is 5.38. The summed E-state index contributed by atoms with van der Waals surface area (Å²) in [5.74, 6) is 0. The van der Waals surface area contributed by atoms with E-state index in [0.29, 0.717) is 17.9 Å². The quantitative estimate of drug-likeness (QED) is 0.528. The lowest BCUT2D eigenvalue weighted by molar-refractivity contribution is -0.384. The molecule has 0 fully saturated rings. The molecule has 0 aliphatic carbocycles. The van der Waals surface area contributed by atoms with Gasteiger partial charge in [0.1, 0.15) is 5.65 Å². The molecule has 1 aromatic carbocycles. The zero-order valence-electron chi connectivity index (χ0n) is 14.0. The van der Waals surface area contributed by atoms with Crippen LogP contribution in [0.2, 0.25) is 0 Å². The Kier molecular flexibility index (Phi) is 4.58. The molecule has 0 amide bonds.